The zero-order valence-electron chi connectivity index (χ0n) is 13.0. The van der Waals surface area contributed by atoms with E-state index in [4.69, 9.17) is 0 Å². The van der Waals surface area contributed by atoms with E-state index >= 15 is 0 Å². The molecule has 23 heavy (non-hydrogen) atoms. The molecular formula is C18H16FN3O. The topological polar surface area (TPSA) is 47.8 Å². The van der Waals surface area contributed by atoms with E-state index in [0.717, 1.165) is 11.3 Å². The van der Waals surface area contributed by atoms with Gasteiger partial charge in [0.05, 0.1) is 23.6 Å². The lowest BCUT2D eigenvalue weighted by atomic mass is 10.1. The summed E-state index contributed by atoms with van der Waals surface area (Å²) in [5.41, 5.74) is 3.33. The molecule has 0 spiro atoms. The molecule has 0 unspecified atom stereocenters. The van der Waals surface area contributed by atoms with E-state index in [0.29, 0.717) is 17.1 Å². The van der Waals surface area contributed by atoms with E-state index in [9.17, 15) is 9.18 Å². The highest BCUT2D eigenvalue weighted by molar-refractivity contribution is 5.77. The summed E-state index contributed by atoms with van der Waals surface area (Å²) in [6.07, 6.45) is 0. The number of Topliss-reactive ketones (excluding diaryl/α,β-unsaturated/α-hetero) is 1. The first-order valence-corrected chi connectivity index (χ1v) is 7.31. The van der Waals surface area contributed by atoms with Crippen LogP contribution in [0.3, 0.4) is 0 Å². The maximum Gasteiger partial charge on any atom is 0.151 e. The molecule has 1 aromatic carbocycles. The van der Waals surface area contributed by atoms with E-state index in [-0.39, 0.29) is 18.1 Å². The second-order valence-electron chi connectivity index (χ2n) is 5.40. The van der Waals surface area contributed by atoms with Crippen molar-refractivity contribution in [2.75, 3.05) is 0 Å². The van der Waals surface area contributed by atoms with Gasteiger partial charge in [0.1, 0.15) is 11.5 Å². The van der Waals surface area contributed by atoms with Crippen molar-refractivity contribution in [3.63, 3.8) is 0 Å². The van der Waals surface area contributed by atoms with Crippen molar-refractivity contribution >= 4 is 5.78 Å². The molecule has 0 N–H and O–H groups in total. The Kier molecular flexibility index (Phi) is 4.02. The number of aryl methyl sites for hydroxylation is 1. The monoisotopic (exact) mass is 309 g/mol. The lowest BCUT2D eigenvalue weighted by molar-refractivity contribution is -0.117. The molecule has 0 aliphatic carbocycles. The number of ketones is 1. The summed E-state index contributed by atoms with van der Waals surface area (Å²) in [5, 5.41) is 4.48. The van der Waals surface area contributed by atoms with E-state index < -0.39 is 0 Å². The van der Waals surface area contributed by atoms with Gasteiger partial charge in [-0.25, -0.2) is 9.37 Å². The van der Waals surface area contributed by atoms with E-state index in [1.807, 2.05) is 36.4 Å². The number of hydrogen-bond donors (Lipinski definition) is 0. The quantitative estimate of drug-likeness (QED) is 0.739. The van der Waals surface area contributed by atoms with Gasteiger partial charge in [-0.15, -0.1) is 0 Å². The molecule has 2 aromatic heterocycles. The molecule has 0 aliphatic heterocycles. The maximum absolute atomic E-state index is 13.4. The standard InChI is InChI=1S/C18H16FN3O/c1-12(23)11-22-18(14-6-4-3-5-7-14)10-17(21-22)16-9-8-15(19)13(2)20-16/h3-10H,11H2,1-2H3. The number of carbonyl (C=O) groups is 1. The van der Waals surface area contributed by atoms with Crippen LogP contribution in [0.2, 0.25) is 0 Å². The molecule has 0 saturated heterocycles. The Labute approximate surface area is 133 Å². The summed E-state index contributed by atoms with van der Waals surface area (Å²) in [7, 11) is 0. The maximum atomic E-state index is 13.4. The fourth-order valence-corrected chi connectivity index (χ4v) is 2.40. The van der Waals surface area contributed by atoms with Crippen LogP contribution < -0.4 is 0 Å². The van der Waals surface area contributed by atoms with Crippen LogP contribution in [0.15, 0.2) is 48.5 Å². The molecule has 0 fully saturated rings. The average Bonchev–Trinajstić information content (AvgIpc) is 2.94. The summed E-state index contributed by atoms with van der Waals surface area (Å²) in [5.74, 6) is -0.333. The van der Waals surface area contributed by atoms with Crippen LogP contribution in [0.25, 0.3) is 22.6 Å². The van der Waals surface area contributed by atoms with Gasteiger partial charge in [-0.2, -0.15) is 5.10 Å². The number of pyridine rings is 1. The zero-order valence-corrected chi connectivity index (χ0v) is 13.0. The summed E-state index contributed by atoms with van der Waals surface area (Å²) in [6.45, 7) is 3.32. The lowest BCUT2D eigenvalue weighted by Crippen LogP contribution is -2.09. The highest BCUT2D eigenvalue weighted by atomic mass is 19.1. The Bertz CT molecular complexity index is 856. The van der Waals surface area contributed by atoms with Gasteiger partial charge in [0.15, 0.2) is 5.78 Å². The smallest absolute Gasteiger partial charge is 0.151 e. The van der Waals surface area contributed by atoms with Crippen LogP contribution in [-0.4, -0.2) is 20.5 Å². The first-order chi connectivity index (χ1) is 11.0. The zero-order chi connectivity index (χ0) is 16.4. The molecule has 0 bridgehead atoms. The second kappa shape index (κ2) is 6.12. The fourth-order valence-electron chi connectivity index (χ4n) is 2.40. The normalized spacial score (nSPS) is 10.7. The van der Waals surface area contributed by atoms with Crippen molar-refractivity contribution in [2.45, 2.75) is 20.4 Å². The highest BCUT2D eigenvalue weighted by Crippen LogP contribution is 2.25. The predicted octanol–water partition coefficient (Wildman–Crippen LogP) is 3.65. The fraction of sp³-hybridized carbons (Fsp3) is 0.167. The van der Waals surface area contributed by atoms with Crippen LogP contribution in [-0.2, 0) is 11.3 Å². The first-order valence-electron chi connectivity index (χ1n) is 7.31. The number of halogens is 1. The van der Waals surface area contributed by atoms with Crippen LogP contribution in [0, 0.1) is 12.7 Å². The predicted molar refractivity (Wildman–Crippen MR) is 86.3 cm³/mol. The first kappa shape index (κ1) is 15.1. The minimum atomic E-state index is -0.347. The SMILES string of the molecule is CC(=O)Cn1nc(-c2ccc(F)c(C)n2)cc1-c1ccccc1. The van der Waals surface area contributed by atoms with Gasteiger partial charge in [0.2, 0.25) is 0 Å². The summed E-state index contributed by atoms with van der Waals surface area (Å²) < 4.78 is 15.1. The highest BCUT2D eigenvalue weighted by Gasteiger charge is 2.14. The lowest BCUT2D eigenvalue weighted by Gasteiger charge is -2.04. The molecule has 3 rings (SSSR count). The van der Waals surface area contributed by atoms with Crippen LogP contribution in [0.4, 0.5) is 4.39 Å². The largest absolute Gasteiger partial charge is 0.298 e. The molecule has 2 heterocycles. The third-order valence-corrected chi connectivity index (χ3v) is 3.51. The van der Waals surface area contributed by atoms with Crippen molar-refractivity contribution in [3.8, 4) is 22.6 Å². The summed E-state index contributed by atoms with van der Waals surface area (Å²) in [4.78, 5) is 15.7. The minimum Gasteiger partial charge on any atom is -0.298 e. The molecule has 116 valence electrons. The van der Waals surface area contributed by atoms with Crippen molar-refractivity contribution in [2.24, 2.45) is 0 Å². The Morgan fingerprint density at radius 1 is 1.13 bits per heavy atom. The Morgan fingerprint density at radius 2 is 1.87 bits per heavy atom. The van der Waals surface area contributed by atoms with E-state index in [1.54, 1.807) is 17.7 Å². The van der Waals surface area contributed by atoms with Gasteiger partial charge >= 0.3 is 0 Å². The molecular weight excluding hydrogens is 293 g/mol. The molecule has 4 nitrogen and oxygen atoms in total. The van der Waals surface area contributed by atoms with Crippen LogP contribution in [0.5, 0.6) is 0 Å². The minimum absolute atomic E-state index is 0.0140. The number of nitrogens with zero attached hydrogens (tertiary/aromatic N) is 3. The van der Waals surface area contributed by atoms with Crippen molar-refractivity contribution in [1.82, 2.24) is 14.8 Å². The molecule has 0 radical (unpaired) electrons. The van der Waals surface area contributed by atoms with Gasteiger partial charge < -0.3 is 0 Å². The van der Waals surface area contributed by atoms with E-state index in [2.05, 4.69) is 10.1 Å². The third kappa shape index (κ3) is 3.18. The molecule has 3 aromatic rings. The van der Waals surface area contributed by atoms with Gasteiger partial charge in [0.25, 0.3) is 0 Å². The molecule has 5 heteroatoms. The van der Waals surface area contributed by atoms with Crippen molar-refractivity contribution < 1.29 is 9.18 Å². The van der Waals surface area contributed by atoms with Crippen molar-refractivity contribution in [3.05, 3.63) is 60.0 Å². The number of benzene rings is 1. The van der Waals surface area contributed by atoms with Crippen molar-refractivity contribution in [1.29, 1.82) is 0 Å². The number of hydrogen-bond acceptors (Lipinski definition) is 3. The second-order valence-corrected chi connectivity index (χ2v) is 5.40. The number of rotatable bonds is 4. The van der Waals surface area contributed by atoms with Crippen LogP contribution in [0.1, 0.15) is 12.6 Å². The van der Waals surface area contributed by atoms with E-state index in [1.165, 1.54) is 13.0 Å². The number of carbonyl (C=O) groups excluding carboxylic acids is 1. The molecule has 0 saturated carbocycles. The molecule has 0 amide bonds. The third-order valence-electron chi connectivity index (χ3n) is 3.51. The number of aromatic nitrogens is 3. The van der Waals surface area contributed by atoms with Gasteiger partial charge in [-0.1, -0.05) is 30.3 Å². The Hall–Kier alpha value is -2.82. The molecule has 0 atom stereocenters. The summed E-state index contributed by atoms with van der Waals surface area (Å²) >= 11 is 0. The van der Waals surface area contributed by atoms with Crippen LogP contribution >= 0.6 is 0 Å². The van der Waals surface area contributed by atoms with Gasteiger partial charge in [-0.3, -0.25) is 9.48 Å². The molecule has 0 aliphatic rings. The summed E-state index contributed by atoms with van der Waals surface area (Å²) in [6, 6.07) is 14.6. The Balaban J connectivity index is 2.10. The van der Waals surface area contributed by atoms with Gasteiger partial charge in [-0.05, 0) is 37.6 Å². The van der Waals surface area contributed by atoms with Gasteiger partial charge in [0, 0.05) is 0 Å². The Morgan fingerprint density at radius 3 is 2.52 bits per heavy atom. The average molecular weight is 309 g/mol.